The van der Waals surface area contributed by atoms with Gasteiger partial charge in [-0.15, -0.1) is 0 Å². The van der Waals surface area contributed by atoms with E-state index in [0.717, 1.165) is 18.5 Å². The Hall–Kier alpha value is -2.10. The van der Waals surface area contributed by atoms with Gasteiger partial charge in [-0.1, -0.05) is 36.4 Å². The second-order valence-electron chi connectivity index (χ2n) is 8.70. The standard InChI is InChI=1S/C24H27N3/c1-2-4-18(5-3-1)21-16-27(23-19-9-12-26(13-10-19)24(21)23)15-17-6-7-22-20(14-17)8-11-25-22/h1-8,11,14,19,21,23-25H,9-10,12-13,15-16H2/t21-,23-,24-/m1/s1. The van der Waals surface area contributed by atoms with Crippen LogP contribution in [0.15, 0.2) is 60.8 Å². The second kappa shape index (κ2) is 6.22. The van der Waals surface area contributed by atoms with Crippen LogP contribution in [0.5, 0.6) is 0 Å². The van der Waals surface area contributed by atoms with Crippen LogP contribution in [0.25, 0.3) is 10.9 Å². The van der Waals surface area contributed by atoms with Crippen LogP contribution in [-0.2, 0) is 6.54 Å². The van der Waals surface area contributed by atoms with Gasteiger partial charge in [0.15, 0.2) is 0 Å². The Morgan fingerprint density at radius 1 is 0.926 bits per heavy atom. The van der Waals surface area contributed by atoms with E-state index in [1.165, 1.54) is 54.5 Å². The molecule has 27 heavy (non-hydrogen) atoms. The highest BCUT2D eigenvalue weighted by Gasteiger charge is 2.52. The van der Waals surface area contributed by atoms with Crippen molar-refractivity contribution in [2.75, 3.05) is 19.6 Å². The number of likely N-dealkylation sites (tertiary alicyclic amines) is 1. The predicted molar refractivity (Wildman–Crippen MR) is 110 cm³/mol. The van der Waals surface area contributed by atoms with Gasteiger partial charge in [-0.25, -0.2) is 0 Å². The van der Waals surface area contributed by atoms with Gasteiger partial charge in [0.1, 0.15) is 0 Å². The van der Waals surface area contributed by atoms with Crippen LogP contribution < -0.4 is 0 Å². The van der Waals surface area contributed by atoms with Gasteiger partial charge in [-0.2, -0.15) is 0 Å². The summed E-state index contributed by atoms with van der Waals surface area (Å²) in [6.07, 6.45) is 4.81. The molecule has 138 valence electrons. The number of rotatable bonds is 3. The molecule has 4 fully saturated rings. The number of fused-ring (bicyclic) bond motifs is 3. The third-order valence-corrected chi connectivity index (χ3v) is 7.32. The molecule has 3 nitrogen and oxygen atoms in total. The summed E-state index contributed by atoms with van der Waals surface area (Å²) in [5.74, 6) is 1.53. The van der Waals surface area contributed by atoms with Crippen LogP contribution in [0.3, 0.4) is 0 Å². The number of nitrogens with one attached hydrogen (secondary N) is 1. The number of hydrogen-bond donors (Lipinski definition) is 1. The first-order valence-electron chi connectivity index (χ1n) is 10.5. The molecule has 1 aromatic heterocycles. The molecule has 0 saturated carbocycles. The Morgan fingerprint density at radius 2 is 1.78 bits per heavy atom. The van der Waals surface area contributed by atoms with Crippen molar-refractivity contribution in [1.29, 1.82) is 0 Å². The summed E-state index contributed by atoms with van der Waals surface area (Å²) >= 11 is 0. The highest BCUT2D eigenvalue weighted by molar-refractivity contribution is 5.79. The monoisotopic (exact) mass is 357 g/mol. The molecule has 0 amide bonds. The lowest BCUT2D eigenvalue weighted by atomic mass is 9.75. The lowest BCUT2D eigenvalue weighted by Gasteiger charge is -2.51. The molecule has 3 heteroatoms. The summed E-state index contributed by atoms with van der Waals surface area (Å²) in [5.41, 5.74) is 4.22. The SMILES string of the molecule is c1ccc([C@H]2CN(Cc3ccc4[nH]ccc4c3)[C@@H]3C4CCN(CC4)[C@H]23)cc1. The lowest BCUT2D eigenvalue weighted by molar-refractivity contribution is -0.00868. The summed E-state index contributed by atoms with van der Waals surface area (Å²) in [4.78, 5) is 8.93. The fourth-order valence-corrected chi connectivity index (χ4v) is 6.15. The quantitative estimate of drug-likeness (QED) is 0.758. The molecule has 4 aliphatic rings. The van der Waals surface area contributed by atoms with Gasteiger partial charge in [-0.3, -0.25) is 9.80 Å². The highest BCUT2D eigenvalue weighted by Crippen LogP contribution is 2.46. The van der Waals surface area contributed by atoms with Gasteiger partial charge < -0.3 is 4.98 Å². The molecule has 3 aromatic rings. The van der Waals surface area contributed by atoms with Crippen molar-refractivity contribution in [2.24, 2.45) is 5.92 Å². The minimum absolute atomic E-state index is 0.648. The number of H-pyrrole nitrogens is 1. The average molecular weight is 358 g/mol. The Balaban J connectivity index is 1.34. The lowest BCUT2D eigenvalue weighted by Crippen LogP contribution is -2.59. The number of benzene rings is 2. The fourth-order valence-electron chi connectivity index (χ4n) is 6.15. The molecular formula is C24H27N3. The summed E-state index contributed by atoms with van der Waals surface area (Å²) in [6, 6.07) is 21.8. The van der Waals surface area contributed by atoms with Crippen molar-refractivity contribution >= 4 is 10.9 Å². The number of aromatic nitrogens is 1. The molecule has 4 saturated heterocycles. The zero-order chi connectivity index (χ0) is 17.8. The van der Waals surface area contributed by atoms with E-state index in [1.54, 1.807) is 0 Å². The maximum atomic E-state index is 3.32. The smallest absolute Gasteiger partial charge is 0.0454 e. The normalized spacial score (nSPS) is 32.8. The maximum Gasteiger partial charge on any atom is 0.0454 e. The Morgan fingerprint density at radius 3 is 2.63 bits per heavy atom. The molecule has 5 heterocycles. The molecule has 2 bridgehead atoms. The van der Waals surface area contributed by atoms with Crippen molar-refractivity contribution in [3.05, 3.63) is 71.9 Å². The Bertz CT molecular complexity index is 938. The molecule has 0 spiro atoms. The molecule has 0 radical (unpaired) electrons. The van der Waals surface area contributed by atoms with E-state index in [4.69, 9.17) is 0 Å². The third-order valence-electron chi connectivity index (χ3n) is 7.32. The average Bonchev–Trinajstić information content (AvgIpc) is 3.35. The molecule has 3 atom stereocenters. The van der Waals surface area contributed by atoms with Crippen molar-refractivity contribution in [3.8, 4) is 0 Å². The van der Waals surface area contributed by atoms with E-state index in [1.807, 2.05) is 6.20 Å². The molecule has 4 aliphatic heterocycles. The second-order valence-corrected chi connectivity index (χ2v) is 8.70. The summed E-state index contributed by atoms with van der Waals surface area (Å²) in [6.45, 7) is 4.88. The first-order valence-corrected chi connectivity index (χ1v) is 10.5. The van der Waals surface area contributed by atoms with Crippen molar-refractivity contribution < 1.29 is 0 Å². The van der Waals surface area contributed by atoms with Crippen LogP contribution in [0.1, 0.15) is 29.9 Å². The van der Waals surface area contributed by atoms with E-state index < -0.39 is 0 Å². The summed E-state index contributed by atoms with van der Waals surface area (Å²) in [5, 5.41) is 1.33. The Kier molecular flexibility index (Phi) is 3.66. The summed E-state index contributed by atoms with van der Waals surface area (Å²) in [7, 11) is 0. The topological polar surface area (TPSA) is 22.3 Å². The number of aromatic amines is 1. The van der Waals surface area contributed by atoms with E-state index in [0.29, 0.717) is 12.0 Å². The Labute approximate surface area is 161 Å². The van der Waals surface area contributed by atoms with Crippen LogP contribution in [0.4, 0.5) is 0 Å². The van der Waals surface area contributed by atoms with Gasteiger partial charge in [0, 0.05) is 42.8 Å². The molecule has 0 aliphatic carbocycles. The zero-order valence-corrected chi connectivity index (χ0v) is 15.7. The maximum absolute atomic E-state index is 3.32. The molecule has 1 N–H and O–H groups in total. The summed E-state index contributed by atoms with van der Waals surface area (Å²) < 4.78 is 0. The molecular weight excluding hydrogens is 330 g/mol. The van der Waals surface area contributed by atoms with E-state index in [9.17, 15) is 0 Å². The minimum Gasteiger partial charge on any atom is -0.361 e. The molecule has 7 rings (SSSR count). The van der Waals surface area contributed by atoms with Crippen LogP contribution in [-0.4, -0.2) is 46.5 Å². The van der Waals surface area contributed by atoms with E-state index >= 15 is 0 Å². The van der Waals surface area contributed by atoms with E-state index in [2.05, 4.69) is 69.4 Å². The van der Waals surface area contributed by atoms with Gasteiger partial charge in [-0.05, 0) is 66.6 Å². The van der Waals surface area contributed by atoms with Crippen LogP contribution in [0, 0.1) is 5.92 Å². The third kappa shape index (κ3) is 2.56. The van der Waals surface area contributed by atoms with Gasteiger partial charge >= 0.3 is 0 Å². The predicted octanol–water partition coefficient (Wildman–Crippen LogP) is 4.23. The largest absolute Gasteiger partial charge is 0.361 e. The number of piperidine rings is 3. The van der Waals surface area contributed by atoms with Crippen LogP contribution >= 0.6 is 0 Å². The molecule has 2 aromatic carbocycles. The van der Waals surface area contributed by atoms with Crippen molar-refractivity contribution in [3.63, 3.8) is 0 Å². The van der Waals surface area contributed by atoms with Crippen molar-refractivity contribution in [2.45, 2.75) is 37.4 Å². The zero-order valence-electron chi connectivity index (χ0n) is 15.7. The van der Waals surface area contributed by atoms with Gasteiger partial charge in [0.2, 0.25) is 0 Å². The van der Waals surface area contributed by atoms with E-state index in [-0.39, 0.29) is 0 Å². The van der Waals surface area contributed by atoms with Gasteiger partial charge in [0.25, 0.3) is 0 Å². The number of hydrogen-bond acceptors (Lipinski definition) is 2. The first-order chi connectivity index (χ1) is 13.4. The number of nitrogens with zero attached hydrogens (tertiary/aromatic N) is 2. The fraction of sp³-hybridized carbons (Fsp3) is 0.417. The minimum atomic E-state index is 0.648. The van der Waals surface area contributed by atoms with Crippen LogP contribution in [0.2, 0.25) is 0 Å². The first kappa shape index (κ1) is 15.9. The van der Waals surface area contributed by atoms with Crippen molar-refractivity contribution in [1.82, 2.24) is 14.8 Å². The highest BCUT2D eigenvalue weighted by atomic mass is 15.3. The van der Waals surface area contributed by atoms with Gasteiger partial charge in [0.05, 0.1) is 0 Å². The molecule has 0 unspecified atom stereocenters.